The molecule has 0 saturated carbocycles. The van der Waals surface area contributed by atoms with E-state index in [-0.39, 0.29) is 9.77 Å². The van der Waals surface area contributed by atoms with Gasteiger partial charge >= 0.3 is 4.87 Å². The van der Waals surface area contributed by atoms with Gasteiger partial charge in [0.25, 0.3) is 0 Å². The number of aromatic nitrogens is 1. The highest BCUT2D eigenvalue weighted by atomic mass is 32.2. The highest BCUT2D eigenvalue weighted by Crippen LogP contribution is 2.22. The number of thiazole rings is 1. The molecular weight excluding hydrogens is 400 g/mol. The van der Waals surface area contributed by atoms with Crippen LogP contribution in [0.2, 0.25) is 0 Å². The largest absolute Gasteiger partial charge is 0.308 e. The van der Waals surface area contributed by atoms with Crippen molar-refractivity contribution in [1.29, 1.82) is 0 Å². The van der Waals surface area contributed by atoms with Gasteiger partial charge in [0.2, 0.25) is 10.0 Å². The molecule has 3 aromatic rings. The third kappa shape index (κ3) is 4.82. The Morgan fingerprint density at radius 1 is 1.19 bits per heavy atom. The second-order valence-corrected chi connectivity index (χ2v) is 10.0. The molecule has 1 heterocycles. The van der Waals surface area contributed by atoms with Crippen molar-refractivity contribution in [1.82, 2.24) is 9.29 Å². The first-order chi connectivity index (χ1) is 12.9. The lowest BCUT2D eigenvalue weighted by Crippen LogP contribution is -2.26. The van der Waals surface area contributed by atoms with E-state index in [1.807, 2.05) is 13.0 Å². The van der Waals surface area contributed by atoms with Crippen LogP contribution in [0.1, 0.15) is 18.1 Å². The quantitative estimate of drug-likeness (QED) is 0.563. The van der Waals surface area contributed by atoms with Gasteiger partial charge in [-0.05, 0) is 37.6 Å². The second kappa shape index (κ2) is 8.60. The van der Waals surface area contributed by atoms with Gasteiger partial charge in [-0.2, -0.15) is 11.8 Å². The van der Waals surface area contributed by atoms with Gasteiger partial charge in [-0.15, -0.1) is 0 Å². The molecule has 0 fully saturated rings. The Hall–Kier alpha value is -1.61. The summed E-state index contributed by atoms with van der Waals surface area (Å²) >= 11 is 2.77. The predicted octanol–water partition coefficient (Wildman–Crippen LogP) is 3.60. The third-order valence-electron chi connectivity index (χ3n) is 4.16. The monoisotopic (exact) mass is 422 g/mol. The average molecular weight is 423 g/mol. The Labute approximate surface area is 167 Å². The number of nitrogens with zero attached hydrogens (tertiary/aromatic N) is 1. The topological polar surface area (TPSA) is 68.2 Å². The van der Waals surface area contributed by atoms with Crippen LogP contribution in [-0.2, 0) is 22.3 Å². The summed E-state index contributed by atoms with van der Waals surface area (Å²) in [5, 5.41) is 0. The zero-order valence-electron chi connectivity index (χ0n) is 15.3. The molecule has 144 valence electrons. The predicted molar refractivity (Wildman–Crippen MR) is 114 cm³/mol. The molecule has 3 rings (SSSR count). The van der Waals surface area contributed by atoms with Gasteiger partial charge in [0.05, 0.1) is 15.1 Å². The van der Waals surface area contributed by atoms with Crippen molar-refractivity contribution in [2.45, 2.75) is 31.0 Å². The molecule has 1 aromatic heterocycles. The SMILES string of the molecule is CCn1c(=O)sc2cc(S(=O)(=O)NCCSCc3cccc(C)c3)ccc21. The Morgan fingerprint density at radius 2 is 2.00 bits per heavy atom. The van der Waals surface area contributed by atoms with Gasteiger partial charge < -0.3 is 0 Å². The number of nitrogens with one attached hydrogen (secondary N) is 1. The zero-order chi connectivity index (χ0) is 19.4. The van der Waals surface area contributed by atoms with Crippen LogP contribution in [-0.4, -0.2) is 25.3 Å². The molecule has 0 spiro atoms. The zero-order valence-corrected chi connectivity index (χ0v) is 17.7. The van der Waals surface area contributed by atoms with Crippen molar-refractivity contribution in [3.63, 3.8) is 0 Å². The van der Waals surface area contributed by atoms with E-state index in [1.54, 1.807) is 34.5 Å². The van der Waals surface area contributed by atoms with Gasteiger partial charge in [0.15, 0.2) is 0 Å². The number of rotatable bonds is 8. The Bertz CT molecular complexity index is 1100. The minimum atomic E-state index is -3.58. The molecule has 0 amide bonds. The highest BCUT2D eigenvalue weighted by molar-refractivity contribution is 7.98. The van der Waals surface area contributed by atoms with Crippen LogP contribution < -0.4 is 9.60 Å². The molecule has 0 bridgehead atoms. The number of benzene rings is 2. The Morgan fingerprint density at radius 3 is 2.74 bits per heavy atom. The van der Waals surface area contributed by atoms with Crippen LogP contribution in [0, 0.1) is 6.92 Å². The van der Waals surface area contributed by atoms with Gasteiger partial charge in [0.1, 0.15) is 0 Å². The van der Waals surface area contributed by atoms with E-state index in [9.17, 15) is 13.2 Å². The maximum Gasteiger partial charge on any atom is 0.308 e. The van der Waals surface area contributed by atoms with Crippen LogP contribution >= 0.6 is 23.1 Å². The minimum absolute atomic E-state index is 0.0671. The van der Waals surface area contributed by atoms with Crippen LogP contribution in [0.15, 0.2) is 52.2 Å². The Kier molecular flexibility index (Phi) is 6.41. The maximum atomic E-state index is 12.5. The fourth-order valence-corrected chi connectivity index (χ4v) is 5.90. The molecule has 0 aliphatic heterocycles. The number of sulfonamides is 1. The standard InChI is InChI=1S/C19H22N2O3S3/c1-3-21-17-8-7-16(12-18(17)26-19(21)22)27(23,24)20-9-10-25-13-15-6-4-5-14(2)11-15/h4-8,11-12,20H,3,9-10,13H2,1-2H3. The molecule has 1 N–H and O–H groups in total. The lowest BCUT2D eigenvalue weighted by atomic mass is 10.2. The number of aryl methyl sites for hydroxylation is 2. The van der Waals surface area contributed by atoms with Crippen molar-refractivity contribution < 1.29 is 8.42 Å². The van der Waals surface area contributed by atoms with Gasteiger partial charge in [-0.3, -0.25) is 9.36 Å². The lowest BCUT2D eigenvalue weighted by Gasteiger charge is -2.08. The number of hydrogen-bond acceptors (Lipinski definition) is 5. The van der Waals surface area contributed by atoms with Gasteiger partial charge in [-0.25, -0.2) is 13.1 Å². The maximum absolute atomic E-state index is 12.5. The van der Waals surface area contributed by atoms with Crippen molar-refractivity contribution >= 4 is 43.3 Å². The summed E-state index contributed by atoms with van der Waals surface area (Å²) in [5.41, 5.74) is 3.24. The van der Waals surface area contributed by atoms with Crippen molar-refractivity contribution in [3.8, 4) is 0 Å². The molecule has 0 atom stereocenters. The van der Waals surface area contributed by atoms with Crippen molar-refractivity contribution in [2.75, 3.05) is 12.3 Å². The summed E-state index contributed by atoms with van der Waals surface area (Å²) in [6, 6.07) is 13.2. The van der Waals surface area contributed by atoms with E-state index >= 15 is 0 Å². The first kappa shape index (κ1) is 20.1. The van der Waals surface area contributed by atoms with E-state index < -0.39 is 10.0 Å². The molecule has 27 heavy (non-hydrogen) atoms. The number of fused-ring (bicyclic) bond motifs is 1. The molecule has 0 unspecified atom stereocenters. The van der Waals surface area contributed by atoms with E-state index in [2.05, 4.69) is 29.8 Å². The molecule has 5 nitrogen and oxygen atoms in total. The Balaban J connectivity index is 1.59. The molecule has 0 radical (unpaired) electrons. The summed E-state index contributed by atoms with van der Waals surface area (Å²) in [5.74, 6) is 1.54. The van der Waals surface area contributed by atoms with Crippen LogP contribution in [0.25, 0.3) is 10.2 Å². The fourth-order valence-electron chi connectivity index (χ4n) is 2.84. The number of hydrogen-bond donors (Lipinski definition) is 1. The first-order valence-corrected chi connectivity index (χ1v) is 12.1. The average Bonchev–Trinajstić information content (AvgIpc) is 2.95. The van der Waals surface area contributed by atoms with E-state index in [0.29, 0.717) is 23.5 Å². The number of thioether (sulfide) groups is 1. The summed E-state index contributed by atoms with van der Waals surface area (Å²) < 4.78 is 30.0. The van der Waals surface area contributed by atoms with Gasteiger partial charge in [-0.1, -0.05) is 41.2 Å². The summed E-state index contributed by atoms with van der Waals surface area (Å²) in [6.07, 6.45) is 0. The van der Waals surface area contributed by atoms with E-state index in [4.69, 9.17) is 0 Å². The van der Waals surface area contributed by atoms with E-state index in [1.165, 1.54) is 11.1 Å². The first-order valence-electron chi connectivity index (χ1n) is 8.67. The molecule has 0 saturated heterocycles. The van der Waals surface area contributed by atoms with Crippen molar-refractivity contribution in [3.05, 3.63) is 63.3 Å². The van der Waals surface area contributed by atoms with Crippen LogP contribution in [0.5, 0.6) is 0 Å². The van der Waals surface area contributed by atoms with Crippen LogP contribution in [0.4, 0.5) is 0 Å². The molecule has 0 aliphatic carbocycles. The molecule has 8 heteroatoms. The van der Waals surface area contributed by atoms with Crippen LogP contribution in [0.3, 0.4) is 0 Å². The summed E-state index contributed by atoms with van der Waals surface area (Å²) in [6.45, 7) is 4.89. The smallest absolute Gasteiger partial charge is 0.299 e. The van der Waals surface area contributed by atoms with Crippen molar-refractivity contribution in [2.24, 2.45) is 0 Å². The third-order valence-corrected chi connectivity index (χ3v) is 7.59. The normalized spacial score (nSPS) is 11.9. The summed E-state index contributed by atoms with van der Waals surface area (Å²) in [4.78, 5) is 12.1. The summed E-state index contributed by atoms with van der Waals surface area (Å²) in [7, 11) is -3.58. The molecular formula is C19H22N2O3S3. The molecule has 0 aliphatic rings. The second-order valence-electron chi connectivity index (χ2n) is 6.18. The van der Waals surface area contributed by atoms with Gasteiger partial charge in [0, 0.05) is 24.6 Å². The molecule has 2 aromatic carbocycles. The lowest BCUT2D eigenvalue weighted by molar-refractivity contribution is 0.584. The minimum Gasteiger partial charge on any atom is -0.299 e. The fraction of sp³-hybridized carbons (Fsp3) is 0.316. The van der Waals surface area contributed by atoms with E-state index in [0.717, 1.165) is 22.6 Å². The highest BCUT2D eigenvalue weighted by Gasteiger charge is 2.16.